The number of aromatic nitrogens is 2. The Kier molecular flexibility index (Phi) is 1.56. The highest BCUT2D eigenvalue weighted by molar-refractivity contribution is 5.57. The van der Waals surface area contributed by atoms with Crippen LogP contribution in [0.5, 0.6) is 0 Å². The van der Waals surface area contributed by atoms with E-state index in [1.807, 2.05) is 17.2 Å². The lowest BCUT2D eigenvalue weighted by Gasteiger charge is -2.19. The number of imidazole rings is 1. The average Bonchev–Trinajstić information content (AvgIpc) is 2.85. The van der Waals surface area contributed by atoms with E-state index >= 15 is 0 Å². The summed E-state index contributed by atoms with van der Waals surface area (Å²) < 4.78 is 2.03. The van der Waals surface area contributed by atoms with Gasteiger partial charge < -0.3 is 0 Å². The zero-order valence-electron chi connectivity index (χ0n) is 7.80. The van der Waals surface area contributed by atoms with Gasteiger partial charge in [-0.3, -0.25) is 5.01 Å². The van der Waals surface area contributed by atoms with Crippen molar-refractivity contribution in [2.45, 2.75) is 6.42 Å². The van der Waals surface area contributed by atoms with Gasteiger partial charge >= 0.3 is 0 Å². The molecule has 2 aromatic rings. The summed E-state index contributed by atoms with van der Waals surface area (Å²) in [7, 11) is 0. The molecule has 0 amide bonds. The van der Waals surface area contributed by atoms with Gasteiger partial charge in [0.2, 0.25) is 0 Å². The number of rotatable bonds is 1. The number of para-hydroxylation sites is 1. The van der Waals surface area contributed by atoms with Crippen LogP contribution in [0, 0.1) is 0 Å². The summed E-state index contributed by atoms with van der Waals surface area (Å²) in [5, 5.41) is 2.24. The molecule has 70 valence electrons. The Morgan fingerprint density at radius 2 is 2.14 bits per heavy atom. The van der Waals surface area contributed by atoms with Crippen molar-refractivity contribution in [2.75, 3.05) is 11.6 Å². The molecule has 0 radical (unpaired) electrons. The van der Waals surface area contributed by atoms with Crippen LogP contribution in [0.4, 0.5) is 5.69 Å². The monoisotopic (exact) mass is 185 g/mol. The van der Waals surface area contributed by atoms with Crippen molar-refractivity contribution in [2.24, 2.45) is 0 Å². The van der Waals surface area contributed by atoms with Crippen LogP contribution in [0.25, 0.3) is 0 Å². The molecule has 0 bridgehead atoms. The highest BCUT2D eigenvalue weighted by Gasteiger charge is 2.18. The molecular formula is C11H11N3. The fourth-order valence-corrected chi connectivity index (χ4v) is 1.96. The number of anilines is 1. The Morgan fingerprint density at radius 1 is 1.21 bits per heavy atom. The molecule has 3 nitrogen and oxygen atoms in total. The third kappa shape index (κ3) is 1.02. The normalized spacial score (nSPS) is 14.4. The molecule has 0 unspecified atom stereocenters. The van der Waals surface area contributed by atoms with Crippen LogP contribution >= 0.6 is 0 Å². The van der Waals surface area contributed by atoms with Crippen LogP contribution in [0.3, 0.4) is 0 Å². The second kappa shape index (κ2) is 2.87. The first-order valence-corrected chi connectivity index (χ1v) is 4.79. The first-order valence-electron chi connectivity index (χ1n) is 4.79. The smallest absolute Gasteiger partial charge is 0.114 e. The molecule has 0 N–H and O–H groups in total. The van der Waals surface area contributed by atoms with E-state index in [0.717, 1.165) is 13.0 Å². The van der Waals surface area contributed by atoms with E-state index < -0.39 is 0 Å². The van der Waals surface area contributed by atoms with E-state index in [9.17, 15) is 0 Å². The summed E-state index contributed by atoms with van der Waals surface area (Å²) in [5.41, 5.74) is 2.71. The van der Waals surface area contributed by atoms with E-state index in [4.69, 9.17) is 0 Å². The molecule has 0 fully saturated rings. The maximum absolute atomic E-state index is 4.06. The minimum absolute atomic E-state index is 1.04. The van der Waals surface area contributed by atoms with Crippen molar-refractivity contribution in [1.29, 1.82) is 0 Å². The second-order valence-electron chi connectivity index (χ2n) is 3.44. The Hall–Kier alpha value is -1.77. The Morgan fingerprint density at radius 3 is 3.00 bits per heavy atom. The molecule has 0 atom stereocenters. The van der Waals surface area contributed by atoms with Crippen LogP contribution in [0.15, 0.2) is 43.0 Å². The topological polar surface area (TPSA) is 21.1 Å². The van der Waals surface area contributed by atoms with Crippen molar-refractivity contribution >= 4 is 5.69 Å². The lowest BCUT2D eigenvalue weighted by atomic mass is 10.2. The van der Waals surface area contributed by atoms with Gasteiger partial charge in [-0.25, -0.2) is 9.66 Å². The fourth-order valence-electron chi connectivity index (χ4n) is 1.96. The van der Waals surface area contributed by atoms with Gasteiger partial charge in [0, 0.05) is 18.9 Å². The third-order valence-electron chi connectivity index (χ3n) is 2.63. The minimum atomic E-state index is 1.04. The predicted octanol–water partition coefficient (Wildman–Crippen LogP) is 1.71. The van der Waals surface area contributed by atoms with Gasteiger partial charge in [-0.2, -0.15) is 0 Å². The Balaban J connectivity index is 2.06. The molecular weight excluding hydrogens is 174 g/mol. The highest BCUT2D eigenvalue weighted by Crippen LogP contribution is 2.27. The zero-order chi connectivity index (χ0) is 9.38. The fraction of sp³-hybridized carbons (Fsp3) is 0.182. The molecule has 0 aliphatic carbocycles. The van der Waals surface area contributed by atoms with Gasteiger partial charge in [0.25, 0.3) is 0 Å². The number of nitrogens with zero attached hydrogens (tertiary/aromatic N) is 3. The summed E-state index contributed by atoms with van der Waals surface area (Å²) in [6.45, 7) is 1.04. The van der Waals surface area contributed by atoms with Crippen LogP contribution in [-0.2, 0) is 6.42 Å². The van der Waals surface area contributed by atoms with Crippen molar-refractivity contribution < 1.29 is 0 Å². The summed E-state index contributed by atoms with van der Waals surface area (Å²) >= 11 is 0. The van der Waals surface area contributed by atoms with Crippen LogP contribution in [0.1, 0.15) is 5.56 Å². The van der Waals surface area contributed by atoms with E-state index in [1.54, 1.807) is 6.20 Å². The molecule has 2 heterocycles. The lowest BCUT2D eigenvalue weighted by Crippen LogP contribution is -2.25. The third-order valence-corrected chi connectivity index (χ3v) is 2.63. The molecule has 1 aliphatic heterocycles. The van der Waals surface area contributed by atoms with E-state index in [2.05, 4.69) is 34.3 Å². The second-order valence-corrected chi connectivity index (χ2v) is 3.44. The zero-order valence-corrected chi connectivity index (χ0v) is 7.80. The molecule has 14 heavy (non-hydrogen) atoms. The quantitative estimate of drug-likeness (QED) is 0.674. The van der Waals surface area contributed by atoms with Crippen LogP contribution in [0.2, 0.25) is 0 Å². The van der Waals surface area contributed by atoms with Gasteiger partial charge in [-0.1, -0.05) is 18.2 Å². The summed E-state index contributed by atoms with van der Waals surface area (Å²) in [6, 6.07) is 8.51. The van der Waals surface area contributed by atoms with Gasteiger partial charge in [-0.05, 0) is 18.1 Å². The molecule has 1 aromatic heterocycles. The molecule has 0 spiro atoms. The SMILES string of the molecule is c1ccc2c(c1)CCN2n1ccnc1. The molecule has 0 saturated carbocycles. The first kappa shape index (κ1) is 7.62. The molecule has 3 heteroatoms. The summed E-state index contributed by atoms with van der Waals surface area (Å²) in [4.78, 5) is 4.06. The van der Waals surface area contributed by atoms with Gasteiger partial charge in [0.1, 0.15) is 6.33 Å². The standard InChI is InChI=1S/C11H11N3/c1-2-4-11-10(3-1)5-7-14(11)13-8-6-12-9-13/h1-4,6,8-9H,5,7H2. The molecule has 0 saturated heterocycles. The number of hydrogen-bond donors (Lipinski definition) is 0. The van der Waals surface area contributed by atoms with Crippen molar-refractivity contribution in [3.63, 3.8) is 0 Å². The maximum atomic E-state index is 4.06. The maximum Gasteiger partial charge on any atom is 0.114 e. The minimum Gasteiger partial charge on any atom is -0.280 e. The highest BCUT2D eigenvalue weighted by atomic mass is 15.6. The van der Waals surface area contributed by atoms with Crippen LogP contribution in [-0.4, -0.2) is 16.2 Å². The predicted molar refractivity (Wildman–Crippen MR) is 55.1 cm³/mol. The molecule has 3 rings (SSSR count). The molecule has 1 aliphatic rings. The Labute approximate surface area is 82.6 Å². The Bertz CT molecular complexity index is 434. The van der Waals surface area contributed by atoms with Crippen molar-refractivity contribution in [3.8, 4) is 0 Å². The summed E-state index contributed by atoms with van der Waals surface area (Å²) in [6.07, 6.45) is 6.74. The van der Waals surface area contributed by atoms with Gasteiger partial charge in [-0.15, -0.1) is 0 Å². The number of benzene rings is 1. The van der Waals surface area contributed by atoms with Crippen LogP contribution < -0.4 is 5.01 Å². The average molecular weight is 185 g/mol. The number of fused-ring (bicyclic) bond motifs is 1. The molecule has 1 aromatic carbocycles. The number of hydrogen-bond acceptors (Lipinski definition) is 2. The van der Waals surface area contributed by atoms with Crippen molar-refractivity contribution in [3.05, 3.63) is 48.5 Å². The largest absolute Gasteiger partial charge is 0.280 e. The first-order chi connectivity index (χ1) is 6.95. The summed E-state index contributed by atoms with van der Waals surface area (Å²) in [5.74, 6) is 0. The lowest BCUT2D eigenvalue weighted by molar-refractivity contribution is 0.719. The van der Waals surface area contributed by atoms with E-state index in [1.165, 1.54) is 11.3 Å². The van der Waals surface area contributed by atoms with E-state index in [0.29, 0.717) is 0 Å². The van der Waals surface area contributed by atoms with Gasteiger partial charge in [0.05, 0.1) is 5.69 Å². The van der Waals surface area contributed by atoms with E-state index in [-0.39, 0.29) is 0 Å². The van der Waals surface area contributed by atoms with Crippen molar-refractivity contribution in [1.82, 2.24) is 9.66 Å². The van der Waals surface area contributed by atoms with Gasteiger partial charge in [0.15, 0.2) is 0 Å².